The zero-order chi connectivity index (χ0) is 14.1. The second-order valence-corrected chi connectivity index (χ2v) is 4.56. The molecule has 0 radical (unpaired) electrons. The van der Waals surface area contributed by atoms with Gasteiger partial charge in [-0.05, 0) is 19.1 Å². The van der Waals surface area contributed by atoms with Gasteiger partial charge in [0.25, 0.3) is 5.91 Å². The number of rotatable bonds is 2. The molecule has 1 amide bonds. The maximum atomic E-state index is 12.6. The minimum absolute atomic E-state index is 0.189. The number of fused-ring (bicyclic) bond motifs is 1. The first-order valence-electron chi connectivity index (χ1n) is 6.57. The van der Waals surface area contributed by atoms with Crippen LogP contribution in [0.25, 0.3) is 0 Å². The fourth-order valence-corrected chi connectivity index (χ4v) is 2.27. The summed E-state index contributed by atoms with van der Waals surface area (Å²) in [5.41, 5.74) is 7.34. The van der Waals surface area contributed by atoms with Crippen LogP contribution in [0.3, 0.4) is 0 Å². The van der Waals surface area contributed by atoms with Gasteiger partial charge in [-0.1, -0.05) is 12.1 Å². The summed E-state index contributed by atoms with van der Waals surface area (Å²) in [6.07, 6.45) is 1.68. The molecule has 0 saturated heterocycles. The summed E-state index contributed by atoms with van der Waals surface area (Å²) in [7, 11) is 0. The van der Waals surface area contributed by atoms with Gasteiger partial charge in [-0.25, -0.2) is 0 Å². The Morgan fingerprint density at radius 3 is 3.00 bits per heavy atom. The molecule has 2 N–H and O–H groups in total. The number of nitrogens with two attached hydrogens (primary N) is 1. The lowest BCUT2D eigenvalue weighted by molar-refractivity contribution is 0.0972. The van der Waals surface area contributed by atoms with Gasteiger partial charge in [0.05, 0.1) is 17.9 Å². The first kappa shape index (κ1) is 12.5. The summed E-state index contributed by atoms with van der Waals surface area (Å²) in [4.78, 5) is 14.3. The lowest BCUT2D eigenvalue weighted by Crippen LogP contribution is -2.38. The lowest BCUT2D eigenvalue weighted by atomic mass is 10.2. The Morgan fingerprint density at radius 2 is 2.25 bits per heavy atom. The van der Waals surface area contributed by atoms with Gasteiger partial charge in [-0.15, -0.1) is 0 Å². The minimum atomic E-state index is -0.189. The second kappa shape index (κ2) is 4.88. The highest BCUT2D eigenvalue weighted by molar-refractivity contribution is 6.08. The van der Waals surface area contributed by atoms with Gasteiger partial charge < -0.3 is 10.5 Å². The SMILES string of the molecule is CCn1cc(N)c(C(=O)N2CCOc3ccccc32)n1. The van der Waals surface area contributed by atoms with Crippen LogP contribution in [0.1, 0.15) is 17.4 Å². The van der Waals surface area contributed by atoms with Crippen molar-refractivity contribution in [3.63, 3.8) is 0 Å². The van der Waals surface area contributed by atoms with Crippen molar-refractivity contribution in [2.45, 2.75) is 13.5 Å². The molecule has 0 fully saturated rings. The average molecular weight is 272 g/mol. The molecule has 0 saturated carbocycles. The number of nitrogen functional groups attached to an aromatic ring is 1. The topological polar surface area (TPSA) is 73.4 Å². The van der Waals surface area contributed by atoms with E-state index >= 15 is 0 Å². The molecule has 0 spiro atoms. The van der Waals surface area contributed by atoms with Crippen molar-refractivity contribution in [2.24, 2.45) is 0 Å². The first-order chi connectivity index (χ1) is 9.70. The Labute approximate surface area is 116 Å². The molecular formula is C14H16N4O2. The van der Waals surface area contributed by atoms with E-state index in [1.165, 1.54) is 0 Å². The van der Waals surface area contributed by atoms with Gasteiger partial charge in [0.15, 0.2) is 5.69 Å². The Kier molecular flexibility index (Phi) is 3.06. The summed E-state index contributed by atoms with van der Waals surface area (Å²) in [6, 6.07) is 7.47. The van der Waals surface area contributed by atoms with E-state index in [9.17, 15) is 4.79 Å². The molecule has 0 unspecified atom stereocenters. The number of nitrogens with zero attached hydrogens (tertiary/aromatic N) is 3. The maximum Gasteiger partial charge on any atom is 0.281 e. The molecular weight excluding hydrogens is 256 g/mol. The van der Waals surface area contributed by atoms with Gasteiger partial charge in [-0.2, -0.15) is 5.10 Å². The van der Waals surface area contributed by atoms with Crippen LogP contribution < -0.4 is 15.4 Å². The largest absolute Gasteiger partial charge is 0.490 e. The fraction of sp³-hybridized carbons (Fsp3) is 0.286. The van der Waals surface area contributed by atoms with Crippen molar-refractivity contribution in [1.82, 2.24) is 9.78 Å². The summed E-state index contributed by atoms with van der Waals surface area (Å²) in [6.45, 7) is 3.59. The number of hydrogen-bond acceptors (Lipinski definition) is 4. The molecule has 0 atom stereocenters. The lowest BCUT2D eigenvalue weighted by Gasteiger charge is -2.28. The molecule has 3 rings (SSSR count). The molecule has 2 aromatic rings. The van der Waals surface area contributed by atoms with Crippen LogP contribution in [-0.2, 0) is 6.54 Å². The molecule has 1 aliphatic heterocycles. The van der Waals surface area contributed by atoms with E-state index in [1.807, 2.05) is 31.2 Å². The van der Waals surface area contributed by atoms with Crippen LogP contribution in [0.4, 0.5) is 11.4 Å². The third-order valence-corrected chi connectivity index (χ3v) is 3.29. The molecule has 6 nitrogen and oxygen atoms in total. The molecule has 0 aliphatic carbocycles. The number of hydrogen-bond donors (Lipinski definition) is 1. The normalized spacial score (nSPS) is 13.8. The van der Waals surface area contributed by atoms with Crippen LogP contribution >= 0.6 is 0 Å². The molecule has 1 aromatic carbocycles. The molecule has 104 valence electrons. The minimum Gasteiger partial charge on any atom is -0.490 e. The Morgan fingerprint density at radius 1 is 1.45 bits per heavy atom. The van der Waals surface area contributed by atoms with Crippen molar-refractivity contribution >= 4 is 17.3 Å². The van der Waals surface area contributed by atoms with Crippen molar-refractivity contribution in [3.05, 3.63) is 36.2 Å². The molecule has 6 heteroatoms. The molecule has 2 heterocycles. The number of carbonyl (C=O) groups is 1. The third-order valence-electron chi connectivity index (χ3n) is 3.29. The number of aromatic nitrogens is 2. The monoisotopic (exact) mass is 272 g/mol. The van der Waals surface area contributed by atoms with Crippen LogP contribution in [0.2, 0.25) is 0 Å². The zero-order valence-electron chi connectivity index (χ0n) is 11.2. The van der Waals surface area contributed by atoms with Gasteiger partial charge in [-0.3, -0.25) is 14.4 Å². The Hall–Kier alpha value is -2.50. The fourth-order valence-electron chi connectivity index (χ4n) is 2.27. The number of para-hydroxylation sites is 2. The predicted molar refractivity (Wildman–Crippen MR) is 75.9 cm³/mol. The van der Waals surface area contributed by atoms with E-state index in [1.54, 1.807) is 15.8 Å². The molecule has 20 heavy (non-hydrogen) atoms. The number of anilines is 2. The zero-order valence-corrected chi connectivity index (χ0v) is 11.2. The van der Waals surface area contributed by atoms with Crippen LogP contribution in [0.15, 0.2) is 30.5 Å². The third kappa shape index (κ3) is 1.99. The number of ether oxygens (including phenoxy) is 1. The summed E-state index contributed by atoms with van der Waals surface area (Å²) < 4.78 is 7.21. The van der Waals surface area contributed by atoms with E-state index in [0.29, 0.717) is 36.8 Å². The van der Waals surface area contributed by atoms with Crippen LogP contribution in [0.5, 0.6) is 5.75 Å². The van der Waals surface area contributed by atoms with Crippen molar-refractivity contribution < 1.29 is 9.53 Å². The van der Waals surface area contributed by atoms with Gasteiger partial charge >= 0.3 is 0 Å². The smallest absolute Gasteiger partial charge is 0.281 e. The van der Waals surface area contributed by atoms with E-state index in [0.717, 1.165) is 5.69 Å². The maximum absolute atomic E-state index is 12.6. The summed E-state index contributed by atoms with van der Waals surface area (Å²) in [5.74, 6) is 0.519. The average Bonchev–Trinajstić information content (AvgIpc) is 2.87. The first-order valence-corrected chi connectivity index (χ1v) is 6.57. The van der Waals surface area contributed by atoms with Crippen molar-refractivity contribution in [1.29, 1.82) is 0 Å². The van der Waals surface area contributed by atoms with E-state index < -0.39 is 0 Å². The number of aryl methyl sites for hydroxylation is 1. The number of benzene rings is 1. The summed E-state index contributed by atoms with van der Waals surface area (Å²) in [5, 5.41) is 4.24. The Balaban J connectivity index is 1.97. The van der Waals surface area contributed by atoms with Crippen molar-refractivity contribution in [3.8, 4) is 5.75 Å². The van der Waals surface area contributed by atoms with Crippen LogP contribution in [0, 0.1) is 0 Å². The standard InChI is InChI=1S/C14H16N4O2/c1-2-17-9-10(15)13(16-17)14(19)18-7-8-20-12-6-4-3-5-11(12)18/h3-6,9H,2,7-8,15H2,1H3. The highest BCUT2D eigenvalue weighted by Gasteiger charge is 2.27. The van der Waals surface area contributed by atoms with Crippen LogP contribution in [-0.4, -0.2) is 28.8 Å². The van der Waals surface area contributed by atoms with E-state index in [-0.39, 0.29) is 5.91 Å². The van der Waals surface area contributed by atoms with E-state index in [2.05, 4.69) is 5.10 Å². The number of carbonyl (C=O) groups excluding carboxylic acids is 1. The van der Waals surface area contributed by atoms with E-state index in [4.69, 9.17) is 10.5 Å². The molecule has 1 aromatic heterocycles. The van der Waals surface area contributed by atoms with Gasteiger partial charge in [0, 0.05) is 12.7 Å². The predicted octanol–water partition coefficient (Wildman–Crippen LogP) is 1.52. The Bertz CT molecular complexity index is 650. The highest BCUT2D eigenvalue weighted by atomic mass is 16.5. The highest BCUT2D eigenvalue weighted by Crippen LogP contribution is 2.32. The summed E-state index contributed by atoms with van der Waals surface area (Å²) >= 11 is 0. The van der Waals surface area contributed by atoms with Crippen molar-refractivity contribution in [2.75, 3.05) is 23.8 Å². The quantitative estimate of drug-likeness (QED) is 0.899. The molecule has 0 bridgehead atoms. The van der Waals surface area contributed by atoms with Gasteiger partial charge in [0.2, 0.25) is 0 Å². The number of amides is 1. The molecule has 1 aliphatic rings. The van der Waals surface area contributed by atoms with Gasteiger partial charge in [0.1, 0.15) is 12.4 Å². The second-order valence-electron chi connectivity index (χ2n) is 4.56.